The van der Waals surface area contributed by atoms with Gasteiger partial charge in [0.1, 0.15) is 0 Å². The Balaban J connectivity index is 2.01. The number of hydrogen-bond acceptors (Lipinski definition) is 3. The summed E-state index contributed by atoms with van der Waals surface area (Å²) in [6, 6.07) is 18.1. The lowest BCUT2D eigenvalue weighted by Gasteiger charge is -2.12. The van der Waals surface area contributed by atoms with Crippen LogP contribution in [0.2, 0.25) is 0 Å². The van der Waals surface area contributed by atoms with Crippen LogP contribution in [0.25, 0.3) is 0 Å². The lowest BCUT2D eigenvalue weighted by Crippen LogP contribution is -2.32. The Morgan fingerprint density at radius 1 is 1.08 bits per heavy atom. The predicted molar refractivity (Wildman–Crippen MR) is 97.0 cm³/mol. The summed E-state index contributed by atoms with van der Waals surface area (Å²) in [7, 11) is 1.39. The number of ether oxygens (including phenoxy) is 1. The fraction of sp³-hybridized carbons (Fsp3) is 0.263. The van der Waals surface area contributed by atoms with Crippen molar-refractivity contribution in [1.29, 1.82) is 0 Å². The molecular weight excluding hydrogens is 302 g/mol. The maximum absolute atomic E-state index is 11.2. The number of esters is 1. The van der Waals surface area contributed by atoms with Crippen molar-refractivity contribution in [2.45, 2.75) is 19.9 Å². The molecule has 0 heterocycles. The summed E-state index contributed by atoms with van der Waals surface area (Å²) in [5.74, 6) is 0.380. The SMILES string of the molecule is COC(=O)CCNC(=NCc1ccc(C)cc1)Nc1ccccc1. The molecule has 0 unspecified atom stereocenters. The third kappa shape index (κ3) is 6.12. The number of anilines is 1. The van der Waals surface area contributed by atoms with Gasteiger partial charge in [-0.25, -0.2) is 4.99 Å². The van der Waals surface area contributed by atoms with Crippen LogP contribution in [0, 0.1) is 6.92 Å². The van der Waals surface area contributed by atoms with Crippen molar-refractivity contribution in [2.75, 3.05) is 19.0 Å². The molecule has 2 aromatic rings. The van der Waals surface area contributed by atoms with Gasteiger partial charge in [-0.3, -0.25) is 4.79 Å². The first-order chi connectivity index (χ1) is 11.7. The average Bonchev–Trinajstić information content (AvgIpc) is 2.61. The maximum Gasteiger partial charge on any atom is 0.307 e. The summed E-state index contributed by atoms with van der Waals surface area (Å²) in [6.45, 7) is 3.07. The summed E-state index contributed by atoms with van der Waals surface area (Å²) < 4.78 is 4.65. The predicted octanol–water partition coefficient (Wildman–Crippen LogP) is 3.12. The number of nitrogens with one attached hydrogen (secondary N) is 2. The minimum Gasteiger partial charge on any atom is -0.469 e. The highest BCUT2D eigenvalue weighted by Crippen LogP contribution is 2.07. The van der Waals surface area contributed by atoms with E-state index < -0.39 is 0 Å². The number of methoxy groups -OCH3 is 1. The van der Waals surface area contributed by atoms with E-state index in [1.165, 1.54) is 12.7 Å². The molecule has 0 aliphatic rings. The molecule has 0 spiro atoms. The van der Waals surface area contributed by atoms with Gasteiger partial charge < -0.3 is 15.4 Å². The third-order valence-corrected chi connectivity index (χ3v) is 3.43. The van der Waals surface area contributed by atoms with E-state index in [9.17, 15) is 4.79 Å². The first-order valence-corrected chi connectivity index (χ1v) is 7.90. The number of benzene rings is 2. The monoisotopic (exact) mass is 325 g/mol. The van der Waals surface area contributed by atoms with Crippen LogP contribution in [-0.2, 0) is 16.1 Å². The molecule has 0 aliphatic carbocycles. The topological polar surface area (TPSA) is 62.7 Å². The van der Waals surface area contributed by atoms with Crippen LogP contribution in [0.3, 0.4) is 0 Å². The lowest BCUT2D eigenvalue weighted by atomic mass is 10.1. The Morgan fingerprint density at radius 2 is 1.79 bits per heavy atom. The van der Waals surface area contributed by atoms with Crippen LogP contribution in [0.5, 0.6) is 0 Å². The summed E-state index contributed by atoms with van der Waals surface area (Å²) in [5.41, 5.74) is 3.29. The van der Waals surface area contributed by atoms with E-state index in [0.717, 1.165) is 11.3 Å². The van der Waals surface area contributed by atoms with Crippen molar-refractivity contribution < 1.29 is 9.53 Å². The van der Waals surface area contributed by atoms with Gasteiger partial charge >= 0.3 is 5.97 Å². The molecule has 5 nitrogen and oxygen atoms in total. The van der Waals surface area contributed by atoms with E-state index in [4.69, 9.17) is 0 Å². The van der Waals surface area contributed by atoms with Crippen LogP contribution in [0.1, 0.15) is 17.5 Å². The molecule has 2 N–H and O–H groups in total. The number of carbonyl (C=O) groups is 1. The largest absolute Gasteiger partial charge is 0.469 e. The molecule has 0 aliphatic heterocycles. The van der Waals surface area contributed by atoms with Gasteiger partial charge in [0, 0.05) is 12.2 Å². The quantitative estimate of drug-likeness (QED) is 0.487. The Morgan fingerprint density at radius 3 is 2.46 bits per heavy atom. The number of guanidine groups is 1. The zero-order valence-electron chi connectivity index (χ0n) is 14.1. The van der Waals surface area contributed by atoms with Gasteiger partial charge in [0.05, 0.1) is 20.1 Å². The van der Waals surface area contributed by atoms with Crippen LogP contribution in [-0.4, -0.2) is 25.6 Å². The standard InChI is InChI=1S/C19H23N3O2/c1-15-8-10-16(11-9-15)14-21-19(20-13-12-18(23)24-2)22-17-6-4-3-5-7-17/h3-11H,12-14H2,1-2H3,(H2,20,21,22). The van der Waals surface area contributed by atoms with Gasteiger partial charge in [-0.15, -0.1) is 0 Å². The zero-order chi connectivity index (χ0) is 17.2. The molecule has 5 heteroatoms. The number of rotatable bonds is 6. The van der Waals surface area contributed by atoms with E-state index in [1.54, 1.807) is 0 Å². The number of carbonyl (C=O) groups excluding carboxylic acids is 1. The summed E-state index contributed by atoms with van der Waals surface area (Å²) in [6.07, 6.45) is 0.288. The van der Waals surface area contributed by atoms with E-state index in [0.29, 0.717) is 19.0 Å². The lowest BCUT2D eigenvalue weighted by molar-refractivity contribution is -0.140. The molecule has 24 heavy (non-hydrogen) atoms. The van der Waals surface area contributed by atoms with Gasteiger partial charge in [-0.2, -0.15) is 0 Å². The Hall–Kier alpha value is -2.82. The van der Waals surface area contributed by atoms with Crippen molar-refractivity contribution in [2.24, 2.45) is 4.99 Å². The van der Waals surface area contributed by atoms with E-state index in [-0.39, 0.29) is 12.4 Å². The van der Waals surface area contributed by atoms with Crippen molar-refractivity contribution in [3.63, 3.8) is 0 Å². The second kappa shape index (κ2) is 9.35. The van der Waals surface area contributed by atoms with Crippen LogP contribution in [0.4, 0.5) is 5.69 Å². The fourth-order valence-electron chi connectivity index (χ4n) is 2.05. The number of aliphatic imine (C=N–C) groups is 1. The van der Waals surface area contributed by atoms with Gasteiger partial charge in [0.25, 0.3) is 0 Å². The van der Waals surface area contributed by atoms with Crippen molar-refractivity contribution in [3.05, 3.63) is 65.7 Å². The number of nitrogens with zero attached hydrogens (tertiary/aromatic N) is 1. The highest BCUT2D eigenvalue weighted by atomic mass is 16.5. The number of hydrogen-bond donors (Lipinski definition) is 2. The van der Waals surface area contributed by atoms with Crippen molar-refractivity contribution >= 4 is 17.6 Å². The summed E-state index contributed by atoms with van der Waals surface area (Å²) >= 11 is 0. The van der Waals surface area contributed by atoms with Crippen molar-refractivity contribution in [1.82, 2.24) is 5.32 Å². The second-order valence-corrected chi connectivity index (χ2v) is 5.39. The Kier molecular flexibility index (Phi) is 6.83. The van der Waals surface area contributed by atoms with Crippen molar-refractivity contribution in [3.8, 4) is 0 Å². The summed E-state index contributed by atoms with van der Waals surface area (Å²) in [5, 5.41) is 6.39. The molecule has 0 saturated heterocycles. The number of para-hydroxylation sites is 1. The molecule has 2 aromatic carbocycles. The Bertz CT molecular complexity index is 667. The highest BCUT2D eigenvalue weighted by Gasteiger charge is 2.03. The van der Waals surface area contributed by atoms with E-state index >= 15 is 0 Å². The molecule has 0 atom stereocenters. The third-order valence-electron chi connectivity index (χ3n) is 3.43. The average molecular weight is 325 g/mol. The molecule has 0 aromatic heterocycles. The highest BCUT2D eigenvalue weighted by molar-refractivity contribution is 5.93. The van der Waals surface area contributed by atoms with Gasteiger partial charge in [-0.05, 0) is 24.6 Å². The molecule has 2 rings (SSSR count). The molecule has 0 radical (unpaired) electrons. The maximum atomic E-state index is 11.2. The molecule has 0 bridgehead atoms. The van der Waals surface area contributed by atoms with Gasteiger partial charge in [-0.1, -0.05) is 48.0 Å². The first-order valence-electron chi connectivity index (χ1n) is 7.90. The van der Waals surface area contributed by atoms with Crippen LogP contribution >= 0.6 is 0 Å². The smallest absolute Gasteiger partial charge is 0.307 e. The number of aryl methyl sites for hydroxylation is 1. The normalized spacial score (nSPS) is 11.0. The van der Waals surface area contributed by atoms with Gasteiger partial charge in [0.2, 0.25) is 0 Å². The fourth-order valence-corrected chi connectivity index (χ4v) is 2.05. The van der Waals surface area contributed by atoms with Gasteiger partial charge in [0.15, 0.2) is 5.96 Å². The van der Waals surface area contributed by atoms with Crippen LogP contribution < -0.4 is 10.6 Å². The minimum atomic E-state index is -0.250. The minimum absolute atomic E-state index is 0.250. The molecule has 0 amide bonds. The van der Waals surface area contributed by atoms with E-state index in [1.807, 2.05) is 30.3 Å². The zero-order valence-corrected chi connectivity index (χ0v) is 14.1. The second-order valence-electron chi connectivity index (χ2n) is 5.39. The van der Waals surface area contributed by atoms with Crippen LogP contribution in [0.15, 0.2) is 59.6 Å². The van der Waals surface area contributed by atoms with E-state index in [2.05, 4.69) is 51.6 Å². The molecular formula is C19H23N3O2. The summed E-state index contributed by atoms with van der Waals surface area (Å²) in [4.78, 5) is 15.8. The molecule has 0 saturated carbocycles. The molecule has 126 valence electrons. The molecule has 0 fully saturated rings. The Labute approximate surface area is 142 Å². The first kappa shape index (κ1) is 17.5.